The van der Waals surface area contributed by atoms with Crippen molar-refractivity contribution in [2.24, 2.45) is 0 Å². The molecule has 0 aromatic carbocycles. The van der Waals surface area contributed by atoms with Crippen molar-refractivity contribution >= 4 is 10.9 Å². The minimum atomic E-state index is 0.772. The Morgan fingerprint density at radius 2 is 1.00 bits per heavy atom. The fourth-order valence-electron chi connectivity index (χ4n) is 1.74. The van der Waals surface area contributed by atoms with Crippen LogP contribution in [0.15, 0.2) is 0 Å². The number of hydrogen-bond acceptors (Lipinski definition) is 0. The summed E-state index contributed by atoms with van der Waals surface area (Å²) in [4.78, 5) is 0. The van der Waals surface area contributed by atoms with Crippen molar-refractivity contribution in [3.8, 4) is 0 Å². The van der Waals surface area contributed by atoms with Gasteiger partial charge in [0, 0.05) is 0 Å². The molecule has 0 unspecified atom stereocenters. The molecule has 0 radical (unpaired) electrons. The van der Waals surface area contributed by atoms with E-state index < -0.39 is 0 Å². The normalized spacial score (nSPS) is 11.2. The highest BCUT2D eigenvalue weighted by Crippen LogP contribution is 2.10. The van der Waals surface area contributed by atoms with Gasteiger partial charge in [-0.15, -0.1) is 0 Å². The molecular weight excluding hydrogens is 200 g/mol. The molecule has 0 amide bonds. The topological polar surface area (TPSA) is 0 Å². The van der Waals surface area contributed by atoms with Crippen molar-refractivity contribution in [2.75, 3.05) is 17.3 Å². The maximum Gasteiger partial charge on any atom is 0.108 e. The van der Waals surface area contributed by atoms with Gasteiger partial charge in [0.25, 0.3) is 0 Å². The van der Waals surface area contributed by atoms with Crippen LogP contribution < -0.4 is 0 Å². The first-order valence-corrected chi connectivity index (χ1v) is 8.72. The zero-order chi connectivity index (χ0) is 11.4. The van der Waals surface area contributed by atoms with E-state index >= 15 is 0 Å². The van der Waals surface area contributed by atoms with E-state index in [0.717, 1.165) is 10.9 Å². The van der Waals surface area contributed by atoms with E-state index in [9.17, 15) is 0 Å². The van der Waals surface area contributed by atoms with E-state index in [4.69, 9.17) is 0 Å². The minimum Gasteiger partial charge on any atom is -0.0654 e. The van der Waals surface area contributed by atoms with Crippen LogP contribution >= 0.6 is 0 Å². The van der Waals surface area contributed by atoms with E-state index in [1.54, 1.807) is 0 Å². The number of rotatable bonds is 11. The lowest BCUT2D eigenvalue weighted by Crippen LogP contribution is -2.16. The second kappa shape index (κ2) is 12.4. The maximum absolute atomic E-state index is 2.32. The van der Waals surface area contributed by atoms with Gasteiger partial charge in [-0.25, -0.2) is 0 Å². The molecule has 0 N–H and O–H groups in total. The maximum atomic E-state index is 2.32. The SMILES string of the molecule is CCCCCC[S+](CCCC)CCCC. The van der Waals surface area contributed by atoms with Crippen LogP contribution in [-0.4, -0.2) is 17.3 Å². The van der Waals surface area contributed by atoms with Gasteiger partial charge in [0.1, 0.15) is 17.3 Å². The standard InChI is InChI=1S/C14H31S/c1-4-7-10-11-14-15(12-8-5-2)13-9-6-3/h4-14H2,1-3H3/q+1. The van der Waals surface area contributed by atoms with Gasteiger partial charge in [-0.2, -0.15) is 0 Å². The van der Waals surface area contributed by atoms with Crippen LogP contribution in [0, 0.1) is 0 Å². The molecular formula is C14H31S+. The molecule has 0 rings (SSSR count). The zero-order valence-corrected chi connectivity index (χ0v) is 12.0. The lowest BCUT2D eigenvalue weighted by atomic mass is 10.2. The van der Waals surface area contributed by atoms with Crippen molar-refractivity contribution in [1.29, 1.82) is 0 Å². The molecule has 0 saturated heterocycles. The molecule has 0 aliphatic carbocycles. The van der Waals surface area contributed by atoms with Gasteiger partial charge >= 0.3 is 0 Å². The monoisotopic (exact) mass is 231 g/mol. The van der Waals surface area contributed by atoms with E-state index in [2.05, 4.69) is 20.8 Å². The van der Waals surface area contributed by atoms with Gasteiger partial charge in [0.15, 0.2) is 0 Å². The number of hydrogen-bond donors (Lipinski definition) is 0. The van der Waals surface area contributed by atoms with Crippen molar-refractivity contribution in [3.05, 3.63) is 0 Å². The van der Waals surface area contributed by atoms with Crippen LogP contribution in [0.2, 0.25) is 0 Å². The van der Waals surface area contributed by atoms with E-state index in [0.29, 0.717) is 0 Å². The molecule has 0 atom stereocenters. The van der Waals surface area contributed by atoms with Crippen LogP contribution in [0.3, 0.4) is 0 Å². The molecule has 0 aromatic heterocycles. The fourth-order valence-corrected chi connectivity index (χ4v) is 4.35. The molecule has 0 fully saturated rings. The Hall–Kier alpha value is 0.350. The summed E-state index contributed by atoms with van der Waals surface area (Å²) in [6.07, 6.45) is 11.5. The van der Waals surface area contributed by atoms with E-state index in [1.807, 2.05) is 0 Å². The summed E-state index contributed by atoms with van der Waals surface area (Å²) in [5, 5.41) is 0. The molecule has 0 spiro atoms. The molecule has 1 heteroatoms. The van der Waals surface area contributed by atoms with Gasteiger partial charge in [0.2, 0.25) is 0 Å². The zero-order valence-electron chi connectivity index (χ0n) is 11.2. The van der Waals surface area contributed by atoms with Crippen molar-refractivity contribution in [2.45, 2.75) is 72.1 Å². The summed E-state index contributed by atoms with van der Waals surface area (Å²) in [5.74, 6) is 4.56. The lowest BCUT2D eigenvalue weighted by Gasteiger charge is -2.07. The van der Waals surface area contributed by atoms with Crippen LogP contribution in [0.25, 0.3) is 0 Å². The Bertz CT molecular complexity index is 104. The smallest absolute Gasteiger partial charge is 0.0654 e. The lowest BCUT2D eigenvalue weighted by molar-refractivity contribution is 0.704. The van der Waals surface area contributed by atoms with Crippen molar-refractivity contribution in [3.63, 3.8) is 0 Å². The van der Waals surface area contributed by atoms with Crippen LogP contribution in [-0.2, 0) is 10.9 Å². The molecule has 0 aromatic rings. The average Bonchev–Trinajstić information content (AvgIpc) is 2.27. The third-order valence-corrected chi connectivity index (χ3v) is 5.46. The molecule has 0 bridgehead atoms. The average molecular weight is 231 g/mol. The van der Waals surface area contributed by atoms with Crippen molar-refractivity contribution in [1.82, 2.24) is 0 Å². The summed E-state index contributed by atoms with van der Waals surface area (Å²) in [6.45, 7) is 6.94. The Labute approximate surface area is 101 Å². The van der Waals surface area contributed by atoms with E-state index in [1.165, 1.54) is 68.6 Å². The Kier molecular flexibility index (Phi) is 12.7. The Balaban J connectivity index is 3.49. The highest BCUT2D eigenvalue weighted by molar-refractivity contribution is 7.96. The molecule has 0 saturated carbocycles. The summed E-state index contributed by atoms with van der Waals surface area (Å²) < 4.78 is 0. The van der Waals surface area contributed by atoms with Crippen LogP contribution in [0.5, 0.6) is 0 Å². The second-order valence-electron chi connectivity index (χ2n) is 4.49. The van der Waals surface area contributed by atoms with Crippen LogP contribution in [0.4, 0.5) is 0 Å². The van der Waals surface area contributed by atoms with Gasteiger partial charge < -0.3 is 0 Å². The summed E-state index contributed by atoms with van der Waals surface area (Å²) in [5.41, 5.74) is 0. The second-order valence-corrected chi connectivity index (χ2v) is 6.94. The van der Waals surface area contributed by atoms with Gasteiger partial charge in [-0.3, -0.25) is 0 Å². The predicted molar refractivity (Wildman–Crippen MR) is 75.9 cm³/mol. The highest BCUT2D eigenvalue weighted by atomic mass is 32.2. The summed E-state index contributed by atoms with van der Waals surface area (Å²) in [6, 6.07) is 0. The first-order chi connectivity index (χ1) is 7.35. The molecule has 0 heterocycles. The first-order valence-electron chi connectivity index (χ1n) is 6.99. The third-order valence-electron chi connectivity index (χ3n) is 2.86. The van der Waals surface area contributed by atoms with Gasteiger partial charge in [-0.05, 0) is 36.6 Å². The Morgan fingerprint density at radius 3 is 1.47 bits per heavy atom. The molecule has 0 nitrogen and oxygen atoms in total. The first kappa shape index (κ1) is 15.3. The largest absolute Gasteiger partial charge is 0.108 e. The minimum absolute atomic E-state index is 0.772. The molecule has 0 aliphatic rings. The molecule has 15 heavy (non-hydrogen) atoms. The van der Waals surface area contributed by atoms with Crippen molar-refractivity contribution < 1.29 is 0 Å². The fraction of sp³-hybridized carbons (Fsp3) is 1.00. The van der Waals surface area contributed by atoms with Gasteiger partial charge in [-0.1, -0.05) is 46.5 Å². The third kappa shape index (κ3) is 10.6. The Morgan fingerprint density at radius 1 is 0.533 bits per heavy atom. The molecule has 0 aliphatic heterocycles. The molecule has 92 valence electrons. The predicted octanol–water partition coefficient (Wildman–Crippen LogP) is 4.79. The summed E-state index contributed by atoms with van der Waals surface area (Å²) >= 11 is 0. The summed E-state index contributed by atoms with van der Waals surface area (Å²) in [7, 11) is 0.772. The quantitative estimate of drug-likeness (QED) is 0.354. The van der Waals surface area contributed by atoms with Crippen LogP contribution in [0.1, 0.15) is 72.1 Å². The van der Waals surface area contributed by atoms with E-state index in [-0.39, 0.29) is 0 Å². The number of unbranched alkanes of at least 4 members (excludes halogenated alkanes) is 5. The highest BCUT2D eigenvalue weighted by Gasteiger charge is 2.15. The van der Waals surface area contributed by atoms with Gasteiger partial charge in [0.05, 0.1) is 0 Å².